The van der Waals surface area contributed by atoms with Crippen LogP contribution in [-0.4, -0.2) is 179 Å². The second kappa shape index (κ2) is 31.3. The van der Waals surface area contributed by atoms with E-state index in [1.165, 1.54) is 66.3 Å². The average molecular weight is 1490 g/mol. The standard InChI is InChI=1S/3C21H25N5O5S2.CH4/c3*1-30-17-5-4-15-20(23-17)32-21(22-15)24-19(27)16(12-13-7-10-31-11-8-13)26-9-6-18(25-26)33(28,29)14-2-3-14;/h3*4-6,9,13-14,16H,2-3,7-8,10-12H2,1H3,(H,22,24,27);1H4/t2*16-;;/m10../s1. The number of ether oxygens (including phenoxy) is 6. The molecule has 0 aromatic carbocycles. The highest BCUT2D eigenvalue weighted by Gasteiger charge is 2.42. The molecule has 100 heavy (non-hydrogen) atoms. The predicted molar refractivity (Wildman–Crippen MR) is 373 cm³/mol. The summed E-state index contributed by atoms with van der Waals surface area (Å²) in [6.45, 7) is 3.95. The van der Waals surface area contributed by atoms with Gasteiger partial charge < -0.3 is 44.4 Å². The van der Waals surface area contributed by atoms with Crippen LogP contribution in [0.4, 0.5) is 15.4 Å². The maximum atomic E-state index is 13.4. The number of sulfone groups is 3. The van der Waals surface area contributed by atoms with Crippen molar-refractivity contribution in [2.45, 2.75) is 153 Å². The molecular formula is C64H79N15O15S6. The van der Waals surface area contributed by atoms with Crippen molar-refractivity contribution < 1.29 is 68.1 Å². The molecule has 0 radical (unpaired) electrons. The summed E-state index contributed by atoms with van der Waals surface area (Å²) in [5.74, 6) is 1.41. The molecule has 0 spiro atoms. The fourth-order valence-electron chi connectivity index (χ4n) is 12.0. The summed E-state index contributed by atoms with van der Waals surface area (Å²) in [7, 11) is -5.68. The molecule has 3 aliphatic carbocycles. The van der Waals surface area contributed by atoms with Gasteiger partial charge in [-0.2, -0.15) is 15.3 Å². The number of methoxy groups -OCH3 is 3. The molecule has 3 saturated carbocycles. The van der Waals surface area contributed by atoms with Crippen LogP contribution in [0.2, 0.25) is 0 Å². The van der Waals surface area contributed by atoms with Gasteiger partial charge in [-0.25, -0.2) is 55.2 Å². The Balaban J connectivity index is 0.000000141. The van der Waals surface area contributed by atoms with Gasteiger partial charge in [0.1, 0.15) is 49.2 Å². The van der Waals surface area contributed by atoms with Crippen molar-refractivity contribution in [3.63, 3.8) is 0 Å². The number of hydrogen-bond acceptors (Lipinski definition) is 27. The van der Waals surface area contributed by atoms with Gasteiger partial charge >= 0.3 is 0 Å². The van der Waals surface area contributed by atoms with Gasteiger partial charge in [-0.05, 0) is 150 Å². The molecule has 6 fully saturated rings. The predicted octanol–water partition coefficient (Wildman–Crippen LogP) is 9.12. The first-order valence-electron chi connectivity index (χ1n) is 32.8. The minimum atomic E-state index is -3.43. The monoisotopic (exact) mass is 1490 g/mol. The Labute approximate surface area is 589 Å². The Morgan fingerprint density at radius 2 is 0.680 bits per heavy atom. The third kappa shape index (κ3) is 17.1. The van der Waals surface area contributed by atoms with Gasteiger partial charge in [-0.15, -0.1) is 0 Å². The molecule has 12 heterocycles. The first kappa shape index (κ1) is 72.1. The Morgan fingerprint density at radius 1 is 0.420 bits per heavy atom. The minimum Gasteiger partial charge on any atom is -0.481 e. The molecule has 3 atom stereocenters. The number of aromatic nitrogens is 12. The topological polar surface area (TPSA) is 376 Å². The summed E-state index contributed by atoms with van der Waals surface area (Å²) in [5.41, 5.74) is 1.98. The smallest absolute Gasteiger partial charge is 0.251 e. The number of hydrogen-bond donors (Lipinski definition) is 3. The van der Waals surface area contributed by atoms with Gasteiger partial charge in [0.05, 0.1) is 37.1 Å². The first-order valence-corrected chi connectivity index (χ1v) is 39.9. The largest absolute Gasteiger partial charge is 0.481 e. The molecule has 6 aliphatic rings. The number of carbonyl (C=O) groups is 3. The maximum absolute atomic E-state index is 13.4. The third-order valence-electron chi connectivity index (χ3n) is 18.1. The summed E-state index contributed by atoms with van der Waals surface area (Å²) in [4.78, 5) is 68.5. The number of anilines is 3. The summed E-state index contributed by atoms with van der Waals surface area (Å²) in [6, 6.07) is 13.0. The number of pyridine rings is 3. The maximum Gasteiger partial charge on any atom is 0.251 e. The van der Waals surface area contributed by atoms with E-state index >= 15 is 0 Å². The Bertz CT molecular complexity index is 4250. The number of nitrogens with one attached hydrogen (secondary N) is 3. The number of carbonyl (C=O) groups excluding carboxylic acids is 3. The van der Waals surface area contributed by atoms with E-state index in [0.29, 0.717) is 162 Å². The quantitative estimate of drug-likeness (QED) is 0.0507. The lowest BCUT2D eigenvalue weighted by Crippen LogP contribution is -2.30. The first-order chi connectivity index (χ1) is 47.8. The highest BCUT2D eigenvalue weighted by Crippen LogP contribution is 2.39. The van der Waals surface area contributed by atoms with Crippen LogP contribution in [0.15, 0.2) is 88.3 Å². The number of amides is 3. The summed E-state index contributed by atoms with van der Waals surface area (Å²) < 4.78 is 112. The zero-order chi connectivity index (χ0) is 69.0. The lowest BCUT2D eigenvalue weighted by atomic mass is 9.92. The molecule has 3 aliphatic heterocycles. The molecule has 3 N–H and O–H groups in total. The molecule has 9 aromatic heterocycles. The van der Waals surface area contributed by atoms with Crippen molar-refractivity contribution >= 4 is 128 Å². The highest BCUT2D eigenvalue weighted by atomic mass is 32.2. The molecular weight excluding hydrogens is 1410 g/mol. The molecule has 15 rings (SSSR count). The van der Waals surface area contributed by atoms with Crippen LogP contribution in [0.3, 0.4) is 0 Å². The van der Waals surface area contributed by atoms with E-state index in [-0.39, 0.29) is 73.7 Å². The van der Waals surface area contributed by atoms with E-state index < -0.39 is 47.6 Å². The Morgan fingerprint density at radius 3 is 0.920 bits per heavy atom. The van der Waals surface area contributed by atoms with Crippen LogP contribution in [0.25, 0.3) is 31.0 Å². The van der Waals surface area contributed by atoms with Crippen molar-refractivity contribution in [1.82, 2.24) is 59.2 Å². The van der Waals surface area contributed by atoms with Crippen LogP contribution in [0.5, 0.6) is 17.6 Å². The van der Waals surface area contributed by atoms with Gasteiger partial charge in [0.25, 0.3) is 17.7 Å². The van der Waals surface area contributed by atoms with Crippen molar-refractivity contribution in [2.24, 2.45) is 17.8 Å². The highest BCUT2D eigenvalue weighted by molar-refractivity contribution is 7.92. The molecule has 1 unspecified atom stereocenters. The van der Waals surface area contributed by atoms with Crippen LogP contribution in [0, 0.1) is 17.8 Å². The zero-order valence-electron chi connectivity index (χ0n) is 54.4. The van der Waals surface area contributed by atoms with E-state index in [0.717, 1.165) is 38.5 Å². The molecule has 3 saturated heterocycles. The van der Waals surface area contributed by atoms with Crippen molar-refractivity contribution in [3.8, 4) is 17.6 Å². The van der Waals surface area contributed by atoms with Gasteiger partial charge in [0, 0.05) is 76.4 Å². The van der Waals surface area contributed by atoms with Gasteiger partial charge in [0.2, 0.25) is 17.6 Å². The second-order valence-corrected chi connectivity index (χ2v) is 34.6. The van der Waals surface area contributed by atoms with Crippen LogP contribution < -0.4 is 30.2 Å². The molecule has 0 bridgehead atoms. The van der Waals surface area contributed by atoms with E-state index in [4.69, 9.17) is 28.4 Å². The summed E-state index contributed by atoms with van der Waals surface area (Å²) in [6.07, 6.45) is 15.5. The number of rotatable bonds is 24. The lowest BCUT2D eigenvalue weighted by Gasteiger charge is -2.26. The van der Waals surface area contributed by atoms with Gasteiger partial charge in [-0.1, -0.05) is 41.4 Å². The fourth-order valence-corrected chi connectivity index (χ4v) is 19.1. The molecule has 536 valence electrons. The SMILES string of the molecule is C.COc1ccc2nc(NC(=O)C(CC3CCOCC3)n3ccc(S(=O)(=O)C4CC4)n3)sc2n1.COc1ccc2nc(NC(=O)[C@@H](CC3CCOCC3)n3ccc(S(=O)(=O)C4CC4)n3)sc2n1.COc1ccc2nc(NC(=O)[C@H](CC3CCOCC3)n3ccc(S(=O)(=O)C4CC4)n3)sc2n1. The summed E-state index contributed by atoms with van der Waals surface area (Å²) in [5, 5.41) is 22.0. The van der Waals surface area contributed by atoms with E-state index in [2.05, 4.69) is 61.2 Å². The van der Waals surface area contributed by atoms with Crippen LogP contribution >= 0.6 is 34.0 Å². The zero-order valence-corrected chi connectivity index (χ0v) is 59.3. The molecule has 3 amide bonds. The Hall–Kier alpha value is -7.71. The minimum absolute atomic E-state index is 0. The van der Waals surface area contributed by atoms with Crippen LogP contribution in [0.1, 0.15) is 122 Å². The fraction of sp³-hybridized carbons (Fsp3) is 0.531. The lowest BCUT2D eigenvalue weighted by molar-refractivity contribution is -0.121. The number of thiazole rings is 3. The Kier molecular flexibility index (Phi) is 22.5. The van der Waals surface area contributed by atoms with E-state index in [1.807, 2.05) is 0 Å². The third-order valence-corrected chi connectivity index (χ3v) is 27.2. The molecule has 30 nitrogen and oxygen atoms in total. The number of nitrogens with zero attached hydrogens (tertiary/aromatic N) is 12. The van der Waals surface area contributed by atoms with E-state index in [1.54, 1.807) is 76.3 Å². The molecule has 36 heteroatoms. The number of fused-ring (bicyclic) bond motifs is 3. The molecule has 9 aromatic rings. The van der Waals surface area contributed by atoms with E-state index in [9.17, 15) is 39.6 Å². The normalized spacial score (nSPS) is 18.1. The average Bonchev–Trinajstić information content (AvgIpc) is 1.64. The van der Waals surface area contributed by atoms with Crippen molar-refractivity contribution in [1.29, 1.82) is 0 Å². The van der Waals surface area contributed by atoms with Gasteiger partial charge in [0.15, 0.2) is 60.0 Å². The summed E-state index contributed by atoms with van der Waals surface area (Å²) >= 11 is 3.77. The second-order valence-electron chi connectivity index (χ2n) is 25.1. The van der Waals surface area contributed by atoms with Crippen molar-refractivity contribution in [2.75, 3.05) is 76.9 Å². The van der Waals surface area contributed by atoms with Gasteiger partial charge in [-0.3, -0.25) is 28.4 Å². The van der Waals surface area contributed by atoms with Crippen LogP contribution in [-0.2, 0) is 58.1 Å². The van der Waals surface area contributed by atoms with Crippen molar-refractivity contribution in [3.05, 3.63) is 73.2 Å².